The van der Waals surface area contributed by atoms with E-state index in [1.807, 2.05) is 22.1 Å². The fourth-order valence-corrected chi connectivity index (χ4v) is 5.06. The fourth-order valence-electron chi connectivity index (χ4n) is 3.80. The maximum atomic E-state index is 13.6. The van der Waals surface area contributed by atoms with Gasteiger partial charge in [0.2, 0.25) is 0 Å². The minimum absolute atomic E-state index is 0.0636. The molecule has 27 heavy (non-hydrogen) atoms. The van der Waals surface area contributed by atoms with E-state index >= 15 is 0 Å². The van der Waals surface area contributed by atoms with Gasteiger partial charge in [0.25, 0.3) is 5.56 Å². The van der Waals surface area contributed by atoms with Crippen molar-refractivity contribution in [1.82, 2.24) is 14.5 Å². The molecule has 0 unspecified atom stereocenters. The average molecular weight is 422 g/mol. The van der Waals surface area contributed by atoms with Crippen LogP contribution in [0.2, 0.25) is 10.0 Å². The third kappa shape index (κ3) is 3.42. The van der Waals surface area contributed by atoms with Gasteiger partial charge >= 0.3 is 0 Å². The second-order valence-electron chi connectivity index (χ2n) is 7.05. The Morgan fingerprint density at radius 1 is 1.22 bits per heavy atom. The molecule has 0 radical (unpaired) electrons. The number of aromatic nitrogens is 2. The summed E-state index contributed by atoms with van der Waals surface area (Å²) in [6, 6.07) is 5.70. The Kier molecular flexibility index (Phi) is 5.30. The van der Waals surface area contributed by atoms with Crippen LogP contribution >= 0.6 is 34.5 Å². The van der Waals surface area contributed by atoms with Crippen LogP contribution in [0.25, 0.3) is 21.3 Å². The molecule has 3 aromatic rings. The Balaban J connectivity index is 1.90. The molecule has 0 bridgehead atoms. The van der Waals surface area contributed by atoms with Crippen molar-refractivity contribution >= 4 is 44.8 Å². The van der Waals surface area contributed by atoms with Gasteiger partial charge in [-0.05, 0) is 50.7 Å². The molecule has 3 heterocycles. The van der Waals surface area contributed by atoms with E-state index in [4.69, 9.17) is 28.2 Å². The van der Waals surface area contributed by atoms with Gasteiger partial charge in [-0.25, -0.2) is 4.98 Å². The molecule has 2 aromatic heterocycles. The van der Waals surface area contributed by atoms with Crippen LogP contribution in [0.5, 0.6) is 0 Å². The minimum Gasteiger partial charge on any atom is -0.306 e. The first-order valence-electron chi connectivity index (χ1n) is 9.16. The lowest BCUT2D eigenvalue weighted by Gasteiger charge is -2.31. The van der Waals surface area contributed by atoms with Gasteiger partial charge < -0.3 is 4.90 Å². The van der Waals surface area contributed by atoms with Crippen molar-refractivity contribution in [1.29, 1.82) is 0 Å². The quantitative estimate of drug-likeness (QED) is 0.578. The van der Waals surface area contributed by atoms with E-state index in [0.717, 1.165) is 54.1 Å². The zero-order valence-corrected chi connectivity index (χ0v) is 17.7. The molecule has 1 saturated heterocycles. The van der Waals surface area contributed by atoms with Gasteiger partial charge in [0.05, 0.1) is 15.4 Å². The van der Waals surface area contributed by atoms with Crippen LogP contribution in [0, 0.1) is 0 Å². The summed E-state index contributed by atoms with van der Waals surface area (Å²) in [5, 5.41) is 3.68. The Hall–Kier alpha value is -1.40. The predicted molar refractivity (Wildman–Crippen MR) is 114 cm³/mol. The number of thiophene rings is 1. The van der Waals surface area contributed by atoms with Crippen LogP contribution in [0.4, 0.5) is 0 Å². The molecule has 0 N–H and O–H groups in total. The average Bonchev–Trinajstić information content (AvgIpc) is 3.09. The Bertz CT molecular complexity index is 1050. The summed E-state index contributed by atoms with van der Waals surface area (Å²) in [6.07, 6.45) is 2.70. The van der Waals surface area contributed by atoms with E-state index in [9.17, 15) is 4.79 Å². The first kappa shape index (κ1) is 18.9. The Morgan fingerprint density at radius 3 is 2.63 bits per heavy atom. The van der Waals surface area contributed by atoms with E-state index < -0.39 is 0 Å². The Morgan fingerprint density at radius 2 is 1.96 bits per heavy atom. The molecule has 1 fully saturated rings. The summed E-state index contributed by atoms with van der Waals surface area (Å²) in [5.74, 6) is 0.879. The molecule has 7 heteroatoms. The Labute approximate surface area is 172 Å². The van der Waals surface area contributed by atoms with Crippen LogP contribution in [0.1, 0.15) is 31.6 Å². The van der Waals surface area contributed by atoms with E-state index in [1.54, 1.807) is 6.07 Å². The number of hydrogen-bond donors (Lipinski definition) is 0. The molecule has 4 rings (SSSR count). The van der Waals surface area contributed by atoms with Gasteiger partial charge in [0.1, 0.15) is 10.7 Å². The molecule has 0 saturated carbocycles. The summed E-state index contributed by atoms with van der Waals surface area (Å²) in [7, 11) is 2.13. The van der Waals surface area contributed by atoms with Crippen molar-refractivity contribution in [2.45, 2.75) is 32.2 Å². The van der Waals surface area contributed by atoms with Crippen molar-refractivity contribution in [2.24, 2.45) is 0 Å². The zero-order valence-electron chi connectivity index (χ0n) is 15.3. The number of fused-ring (bicyclic) bond motifs is 1. The molecular weight excluding hydrogens is 401 g/mol. The summed E-state index contributed by atoms with van der Waals surface area (Å²) < 4.78 is 1.95. The van der Waals surface area contributed by atoms with Crippen LogP contribution in [-0.4, -0.2) is 34.6 Å². The van der Waals surface area contributed by atoms with Gasteiger partial charge in [0.15, 0.2) is 0 Å². The van der Waals surface area contributed by atoms with Gasteiger partial charge in [-0.2, -0.15) is 0 Å². The van der Waals surface area contributed by atoms with Gasteiger partial charge in [-0.1, -0.05) is 36.2 Å². The number of likely N-dealkylation sites (tertiary alicyclic amines) is 1. The lowest BCUT2D eigenvalue weighted by atomic mass is 10.0. The SMILES string of the molecule is CCc1nc2scc(-c3ccc(Cl)c(Cl)c3)c2c(=O)n1C1CCN(C)CC1. The van der Waals surface area contributed by atoms with Crippen molar-refractivity contribution < 1.29 is 0 Å². The molecule has 4 nitrogen and oxygen atoms in total. The summed E-state index contributed by atoms with van der Waals surface area (Å²) >= 11 is 13.8. The van der Waals surface area contributed by atoms with Gasteiger partial charge in [0, 0.05) is 23.4 Å². The molecule has 1 aliphatic rings. The van der Waals surface area contributed by atoms with Crippen LogP contribution in [0.3, 0.4) is 0 Å². The van der Waals surface area contributed by atoms with E-state index in [1.165, 1.54) is 11.3 Å². The lowest BCUT2D eigenvalue weighted by molar-refractivity contribution is 0.216. The largest absolute Gasteiger partial charge is 0.306 e. The number of piperidine rings is 1. The summed E-state index contributed by atoms with van der Waals surface area (Å²) in [4.78, 5) is 21.5. The molecule has 0 atom stereocenters. The highest BCUT2D eigenvalue weighted by Gasteiger charge is 2.24. The molecule has 0 amide bonds. The predicted octanol–water partition coefficient (Wildman–Crippen LogP) is 5.26. The first-order valence-corrected chi connectivity index (χ1v) is 10.8. The molecule has 0 aliphatic carbocycles. The van der Waals surface area contributed by atoms with Crippen LogP contribution < -0.4 is 5.56 Å². The van der Waals surface area contributed by atoms with Crippen LogP contribution in [-0.2, 0) is 6.42 Å². The highest BCUT2D eigenvalue weighted by Crippen LogP contribution is 2.35. The monoisotopic (exact) mass is 421 g/mol. The van der Waals surface area contributed by atoms with Crippen molar-refractivity contribution in [3.63, 3.8) is 0 Å². The third-order valence-corrected chi connectivity index (χ3v) is 6.92. The summed E-state index contributed by atoms with van der Waals surface area (Å²) in [6.45, 7) is 4.07. The molecular formula is C20H21Cl2N3OS. The molecule has 142 valence electrons. The van der Waals surface area contributed by atoms with E-state index in [-0.39, 0.29) is 11.6 Å². The van der Waals surface area contributed by atoms with E-state index in [2.05, 4.69) is 18.9 Å². The first-order chi connectivity index (χ1) is 13.0. The second kappa shape index (κ2) is 7.55. The van der Waals surface area contributed by atoms with Crippen molar-refractivity contribution in [2.75, 3.05) is 20.1 Å². The highest BCUT2D eigenvalue weighted by atomic mass is 35.5. The fraction of sp³-hybridized carbons (Fsp3) is 0.400. The maximum Gasteiger partial charge on any atom is 0.263 e. The van der Waals surface area contributed by atoms with Crippen LogP contribution in [0.15, 0.2) is 28.4 Å². The standard InChI is InChI=1S/C20H21Cl2N3OS/c1-3-17-23-19-18(20(26)25(17)13-6-8-24(2)9-7-13)14(11-27-19)12-4-5-15(21)16(22)10-12/h4-5,10-11,13H,3,6-9H2,1-2H3. The topological polar surface area (TPSA) is 38.1 Å². The van der Waals surface area contributed by atoms with Crippen molar-refractivity contribution in [3.05, 3.63) is 49.8 Å². The number of aryl methyl sites for hydroxylation is 1. The smallest absolute Gasteiger partial charge is 0.263 e. The number of rotatable bonds is 3. The number of nitrogens with zero attached hydrogens (tertiary/aromatic N) is 3. The highest BCUT2D eigenvalue weighted by molar-refractivity contribution is 7.17. The minimum atomic E-state index is 0.0636. The van der Waals surface area contributed by atoms with E-state index in [0.29, 0.717) is 15.4 Å². The molecule has 1 aliphatic heterocycles. The summed E-state index contributed by atoms with van der Waals surface area (Å²) in [5.41, 5.74) is 1.85. The normalized spacial score (nSPS) is 16.3. The number of halogens is 2. The second-order valence-corrected chi connectivity index (χ2v) is 8.72. The maximum absolute atomic E-state index is 13.6. The number of hydrogen-bond acceptors (Lipinski definition) is 4. The number of benzene rings is 1. The van der Waals surface area contributed by atoms with Gasteiger partial charge in [-0.3, -0.25) is 9.36 Å². The van der Waals surface area contributed by atoms with Crippen molar-refractivity contribution in [3.8, 4) is 11.1 Å². The molecule has 1 aromatic carbocycles. The third-order valence-electron chi connectivity index (χ3n) is 5.31. The molecule has 0 spiro atoms. The zero-order chi connectivity index (χ0) is 19.1. The lowest BCUT2D eigenvalue weighted by Crippen LogP contribution is -2.37. The van der Waals surface area contributed by atoms with Gasteiger partial charge in [-0.15, -0.1) is 11.3 Å².